The Morgan fingerprint density at radius 3 is 2.61 bits per heavy atom. The highest BCUT2D eigenvalue weighted by molar-refractivity contribution is 8.27. The van der Waals surface area contributed by atoms with Crippen LogP contribution >= 0.6 is 11.8 Å². The summed E-state index contributed by atoms with van der Waals surface area (Å²) in [5, 5.41) is 16.4. The van der Waals surface area contributed by atoms with Crippen LogP contribution in [0.5, 0.6) is 0 Å². The average Bonchev–Trinajstić information content (AvgIpc) is 3.63. The number of fused-ring (bicyclic) bond motifs is 2. The van der Waals surface area contributed by atoms with Crippen LogP contribution in [0.15, 0.2) is 76.5 Å². The molecular formula is C27H24N6O2S. The van der Waals surface area contributed by atoms with Gasteiger partial charge in [0.15, 0.2) is 5.84 Å². The van der Waals surface area contributed by atoms with Crippen LogP contribution in [-0.2, 0) is 16.1 Å². The molecule has 1 fully saturated rings. The fourth-order valence-corrected chi connectivity index (χ4v) is 5.64. The molecule has 6 rings (SSSR count). The van der Waals surface area contributed by atoms with Crippen molar-refractivity contribution in [3.8, 4) is 0 Å². The van der Waals surface area contributed by atoms with Crippen molar-refractivity contribution in [2.24, 2.45) is 10.1 Å². The van der Waals surface area contributed by atoms with Crippen molar-refractivity contribution in [2.75, 3.05) is 13.1 Å². The molecule has 1 saturated heterocycles. The number of hydrazone groups is 1. The fraction of sp³-hybridized carbons (Fsp3) is 0.222. The summed E-state index contributed by atoms with van der Waals surface area (Å²) in [5.41, 5.74) is 3.24. The van der Waals surface area contributed by atoms with Gasteiger partial charge in [-0.05, 0) is 42.3 Å². The Morgan fingerprint density at radius 2 is 1.81 bits per heavy atom. The van der Waals surface area contributed by atoms with Gasteiger partial charge in [0.25, 0.3) is 5.91 Å². The van der Waals surface area contributed by atoms with E-state index in [4.69, 9.17) is 5.41 Å². The largest absolute Gasteiger partial charge is 0.342 e. The number of nitrogens with one attached hydrogen (secondary N) is 1. The van der Waals surface area contributed by atoms with Crippen molar-refractivity contribution < 1.29 is 9.59 Å². The van der Waals surface area contributed by atoms with Crippen LogP contribution in [0.1, 0.15) is 30.4 Å². The van der Waals surface area contributed by atoms with E-state index in [1.54, 1.807) is 6.08 Å². The van der Waals surface area contributed by atoms with Gasteiger partial charge >= 0.3 is 0 Å². The lowest BCUT2D eigenvalue weighted by Crippen LogP contribution is -2.35. The summed E-state index contributed by atoms with van der Waals surface area (Å²) in [6, 6.07) is 18.2. The molecule has 0 unspecified atom stereocenters. The molecule has 0 atom stereocenters. The minimum atomic E-state index is -0.471. The van der Waals surface area contributed by atoms with E-state index in [1.807, 2.05) is 47.5 Å². The second kappa shape index (κ2) is 9.23. The maximum Gasteiger partial charge on any atom is 0.283 e. The van der Waals surface area contributed by atoms with Crippen LogP contribution in [0, 0.1) is 5.41 Å². The van der Waals surface area contributed by atoms with Crippen LogP contribution in [0.2, 0.25) is 0 Å². The second-order valence-electron chi connectivity index (χ2n) is 8.99. The van der Waals surface area contributed by atoms with Crippen molar-refractivity contribution in [1.29, 1.82) is 5.41 Å². The summed E-state index contributed by atoms with van der Waals surface area (Å²) in [6.45, 7) is 2.25. The molecule has 180 valence electrons. The molecule has 9 heteroatoms. The summed E-state index contributed by atoms with van der Waals surface area (Å²) >= 11 is 1.19. The molecular weight excluding hydrogens is 472 g/mol. The van der Waals surface area contributed by atoms with E-state index >= 15 is 0 Å². The van der Waals surface area contributed by atoms with Crippen LogP contribution in [0.4, 0.5) is 0 Å². The maximum atomic E-state index is 13.0. The first-order chi connectivity index (χ1) is 17.6. The molecule has 8 nitrogen and oxygen atoms in total. The molecule has 3 aromatic rings. The molecule has 3 aliphatic rings. The minimum Gasteiger partial charge on any atom is -0.342 e. The van der Waals surface area contributed by atoms with Crippen LogP contribution in [-0.4, -0.2) is 55.4 Å². The Balaban J connectivity index is 1.29. The molecule has 36 heavy (non-hydrogen) atoms. The van der Waals surface area contributed by atoms with Gasteiger partial charge in [0.2, 0.25) is 11.1 Å². The highest BCUT2D eigenvalue weighted by Gasteiger charge is 2.36. The monoisotopic (exact) mass is 496 g/mol. The number of benzene rings is 2. The Kier molecular flexibility index (Phi) is 5.77. The summed E-state index contributed by atoms with van der Waals surface area (Å²) in [7, 11) is 0. The zero-order chi connectivity index (χ0) is 24.6. The van der Waals surface area contributed by atoms with E-state index < -0.39 is 5.91 Å². The number of nitrogens with zero attached hydrogens (tertiary/aromatic N) is 5. The number of carbonyl (C=O) groups is 2. The molecule has 0 aliphatic carbocycles. The van der Waals surface area contributed by atoms with Crippen LogP contribution in [0.25, 0.3) is 17.0 Å². The first-order valence-electron chi connectivity index (χ1n) is 12.0. The highest BCUT2D eigenvalue weighted by Crippen LogP contribution is 2.31. The molecule has 0 spiro atoms. The first kappa shape index (κ1) is 22.5. The Labute approximate surface area is 212 Å². The number of amides is 2. The number of amidine groups is 2. The van der Waals surface area contributed by atoms with Gasteiger partial charge in [0.05, 0.1) is 12.0 Å². The van der Waals surface area contributed by atoms with Gasteiger partial charge in [-0.3, -0.25) is 15.0 Å². The molecule has 1 N–H and O–H groups in total. The van der Waals surface area contributed by atoms with Gasteiger partial charge in [0.1, 0.15) is 5.04 Å². The number of likely N-dealkylation sites (tertiary alicyclic amines) is 1. The zero-order valence-corrected chi connectivity index (χ0v) is 20.4. The van der Waals surface area contributed by atoms with E-state index in [9.17, 15) is 9.59 Å². The van der Waals surface area contributed by atoms with Gasteiger partial charge in [-0.1, -0.05) is 48.5 Å². The lowest BCUT2D eigenvalue weighted by molar-refractivity contribution is -0.128. The van der Waals surface area contributed by atoms with Gasteiger partial charge < -0.3 is 9.47 Å². The number of carbonyl (C=O) groups excluding carboxylic acids is 2. The number of aliphatic imine (C=N–C) groups is 1. The number of hydrogen-bond acceptors (Lipinski definition) is 5. The lowest BCUT2D eigenvalue weighted by Gasteiger charge is -2.20. The first-order valence-corrected chi connectivity index (χ1v) is 12.8. The van der Waals surface area contributed by atoms with E-state index in [1.165, 1.54) is 22.3 Å². The third kappa shape index (κ3) is 4.15. The number of aromatic nitrogens is 1. The van der Waals surface area contributed by atoms with Gasteiger partial charge in [-0.15, -0.1) is 0 Å². The Morgan fingerprint density at radius 1 is 1.06 bits per heavy atom. The average molecular weight is 497 g/mol. The third-order valence-corrected chi connectivity index (χ3v) is 7.48. The molecule has 0 bridgehead atoms. The fourth-order valence-electron chi connectivity index (χ4n) is 4.77. The van der Waals surface area contributed by atoms with Gasteiger partial charge in [-0.25, -0.2) is 0 Å². The predicted octanol–water partition coefficient (Wildman–Crippen LogP) is 4.32. The van der Waals surface area contributed by atoms with Gasteiger partial charge in [0, 0.05) is 42.3 Å². The van der Waals surface area contributed by atoms with E-state index in [0.29, 0.717) is 16.8 Å². The number of rotatable bonds is 5. The highest BCUT2D eigenvalue weighted by atomic mass is 32.2. The van der Waals surface area contributed by atoms with E-state index in [0.717, 1.165) is 42.4 Å². The smallest absolute Gasteiger partial charge is 0.283 e. The van der Waals surface area contributed by atoms with Crippen molar-refractivity contribution in [3.63, 3.8) is 0 Å². The summed E-state index contributed by atoms with van der Waals surface area (Å²) in [5.74, 6) is -0.471. The third-order valence-electron chi connectivity index (χ3n) is 6.57. The van der Waals surface area contributed by atoms with Crippen molar-refractivity contribution in [3.05, 3.63) is 77.5 Å². The van der Waals surface area contributed by atoms with Gasteiger partial charge in [-0.2, -0.15) is 15.1 Å². The van der Waals surface area contributed by atoms with E-state index in [2.05, 4.69) is 32.9 Å². The quantitative estimate of drug-likeness (QED) is 0.532. The SMILES string of the molecule is N=C1/C(=C\c2cn(Cc3ccccc3)c3ccccc23)C(=O)N=C2SC(CC(=O)N3CCCC3)=NN12. The topological polar surface area (TPSA) is 94.1 Å². The molecule has 0 radical (unpaired) electrons. The normalized spacial score (nSPS) is 18.7. The predicted molar refractivity (Wildman–Crippen MR) is 143 cm³/mol. The maximum absolute atomic E-state index is 13.0. The lowest BCUT2D eigenvalue weighted by atomic mass is 10.1. The Bertz CT molecular complexity index is 1480. The standard InChI is InChI=1S/C27H24N6O2S/c28-25-21(26(35)29-27-33(25)30-23(36-27)15-24(34)31-12-6-7-13-31)14-19-17-32(16-18-8-2-1-3-9-18)22-11-5-4-10-20(19)22/h1-5,8-11,14,17,28H,6-7,12-13,15-16H2/b21-14+,28-25?. The number of para-hydroxylation sites is 1. The second-order valence-corrected chi connectivity index (χ2v) is 10.0. The summed E-state index contributed by atoms with van der Waals surface area (Å²) in [6.07, 6.45) is 5.95. The Hall–Kier alpha value is -3.98. The summed E-state index contributed by atoms with van der Waals surface area (Å²) in [4.78, 5) is 31.5. The van der Waals surface area contributed by atoms with Crippen molar-refractivity contribution in [1.82, 2.24) is 14.5 Å². The molecule has 2 aromatic carbocycles. The molecule has 2 amide bonds. The summed E-state index contributed by atoms with van der Waals surface area (Å²) < 4.78 is 2.15. The minimum absolute atomic E-state index is 0.0268. The zero-order valence-electron chi connectivity index (χ0n) is 19.6. The number of hydrogen-bond donors (Lipinski definition) is 1. The molecule has 3 aliphatic heterocycles. The molecule has 0 saturated carbocycles. The van der Waals surface area contributed by atoms with Crippen molar-refractivity contribution in [2.45, 2.75) is 25.8 Å². The van der Waals surface area contributed by atoms with Crippen LogP contribution in [0.3, 0.4) is 0 Å². The van der Waals surface area contributed by atoms with E-state index in [-0.39, 0.29) is 23.7 Å². The van der Waals surface area contributed by atoms with Crippen molar-refractivity contribution >= 4 is 56.6 Å². The molecule has 1 aromatic heterocycles. The van der Waals surface area contributed by atoms with Crippen LogP contribution < -0.4 is 0 Å². The molecule has 4 heterocycles. The number of thioether (sulfide) groups is 1.